The minimum atomic E-state index is -0.516. The average Bonchev–Trinajstić information content (AvgIpc) is 3.19. The smallest absolute Gasteiger partial charge is 0.310 e. The first-order chi connectivity index (χ1) is 16.6. The van der Waals surface area contributed by atoms with Gasteiger partial charge in [-0.25, -0.2) is 0 Å². The summed E-state index contributed by atoms with van der Waals surface area (Å²) in [6.45, 7) is 5.72. The van der Waals surface area contributed by atoms with Crippen molar-refractivity contribution in [1.82, 2.24) is 0 Å². The van der Waals surface area contributed by atoms with E-state index in [1.54, 1.807) is 14.0 Å². The lowest BCUT2D eigenvalue weighted by Gasteiger charge is -2.34. The van der Waals surface area contributed by atoms with Crippen molar-refractivity contribution in [3.8, 4) is 16.9 Å². The van der Waals surface area contributed by atoms with Crippen LogP contribution in [0.1, 0.15) is 43.9 Å². The van der Waals surface area contributed by atoms with Crippen molar-refractivity contribution < 1.29 is 14.3 Å². The van der Waals surface area contributed by atoms with E-state index in [1.807, 2.05) is 31.2 Å². The van der Waals surface area contributed by atoms with Crippen molar-refractivity contribution in [2.45, 2.75) is 32.6 Å². The number of carbonyl (C=O) groups is 1. The molecule has 1 aliphatic rings. The Kier molecular flexibility index (Phi) is 6.83. The molecule has 3 nitrogen and oxygen atoms in total. The van der Waals surface area contributed by atoms with E-state index in [0.29, 0.717) is 12.2 Å². The molecule has 1 aliphatic carbocycles. The summed E-state index contributed by atoms with van der Waals surface area (Å²) in [6, 6.07) is 25.5. The van der Waals surface area contributed by atoms with Gasteiger partial charge < -0.3 is 9.47 Å². The summed E-state index contributed by atoms with van der Waals surface area (Å²) in [7, 11) is 1.68. The lowest BCUT2D eigenvalue weighted by molar-refractivity contribution is -0.138. The van der Waals surface area contributed by atoms with E-state index in [4.69, 9.17) is 9.47 Å². The summed E-state index contributed by atoms with van der Waals surface area (Å²) in [5.74, 6) is 1.11. The Labute approximate surface area is 202 Å². The Bertz CT molecular complexity index is 1230. The van der Waals surface area contributed by atoms with Crippen LogP contribution < -0.4 is 4.74 Å². The van der Waals surface area contributed by atoms with E-state index in [1.165, 1.54) is 22.3 Å². The molecule has 0 fully saturated rings. The van der Waals surface area contributed by atoms with Gasteiger partial charge in [-0.3, -0.25) is 4.79 Å². The van der Waals surface area contributed by atoms with Crippen LogP contribution in [0.5, 0.6) is 5.75 Å². The summed E-state index contributed by atoms with van der Waals surface area (Å²) in [4.78, 5) is 11.9. The van der Waals surface area contributed by atoms with E-state index in [2.05, 4.69) is 79.7 Å². The molecular formula is C31H30O3. The maximum atomic E-state index is 11.9. The van der Waals surface area contributed by atoms with Crippen molar-refractivity contribution in [3.05, 3.63) is 125 Å². The lowest BCUT2D eigenvalue weighted by atomic mass is 9.67. The number of ether oxygens (including phenoxy) is 2. The summed E-state index contributed by atoms with van der Waals surface area (Å²) in [5, 5.41) is 0. The predicted octanol–water partition coefficient (Wildman–Crippen LogP) is 7.37. The van der Waals surface area contributed by atoms with E-state index in [9.17, 15) is 4.79 Å². The van der Waals surface area contributed by atoms with Crippen LogP contribution in [0.15, 0.2) is 108 Å². The third-order valence-electron chi connectivity index (χ3n) is 6.45. The van der Waals surface area contributed by atoms with Crippen LogP contribution in [-0.2, 0) is 14.9 Å². The molecule has 0 atom stereocenters. The molecular weight excluding hydrogens is 420 g/mol. The molecule has 0 radical (unpaired) electrons. The molecule has 0 bridgehead atoms. The number of benzene rings is 3. The molecule has 0 aliphatic heterocycles. The first kappa shape index (κ1) is 23.3. The maximum Gasteiger partial charge on any atom is 0.310 e. The third kappa shape index (κ3) is 3.88. The number of methoxy groups -OCH3 is 1. The summed E-state index contributed by atoms with van der Waals surface area (Å²) >= 11 is 0. The highest BCUT2D eigenvalue weighted by molar-refractivity contribution is 5.86. The van der Waals surface area contributed by atoms with Crippen molar-refractivity contribution in [2.24, 2.45) is 0 Å². The van der Waals surface area contributed by atoms with Crippen LogP contribution in [0.4, 0.5) is 0 Å². The quantitative estimate of drug-likeness (QED) is 0.214. The fourth-order valence-electron chi connectivity index (χ4n) is 4.87. The SMILES string of the molecule is C\C=C(/C=C\C(=C/C)C1(c2ccc(OC)cc2)c2ccccc2-c2ccccc21)OC(=O)CC. The highest BCUT2D eigenvalue weighted by Crippen LogP contribution is 2.56. The molecule has 0 heterocycles. The van der Waals surface area contributed by atoms with Gasteiger partial charge in [-0.05, 0) is 71.5 Å². The first-order valence-corrected chi connectivity index (χ1v) is 11.7. The van der Waals surface area contributed by atoms with Gasteiger partial charge in [0.05, 0.1) is 12.5 Å². The van der Waals surface area contributed by atoms with Gasteiger partial charge in [0.25, 0.3) is 0 Å². The molecule has 0 saturated carbocycles. The molecule has 4 rings (SSSR count). The van der Waals surface area contributed by atoms with Gasteiger partial charge in [0.2, 0.25) is 0 Å². The second-order valence-electron chi connectivity index (χ2n) is 8.17. The fraction of sp³-hybridized carbons (Fsp3) is 0.194. The van der Waals surface area contributed by atoms with E-state index in [-0.39, 0.29) is 5.97 Å². The lowest BCUT2D eigenvalue weighted by Crippen LogP contribution is -2.29. The van der Waals surface area contributed by atoms with Gasteiger partial charge in [-0.1, -0.05) is 79.7 Å². The number of fused-ring (bicyclic) bond motifs is 3. The standard InChI is InChI=1S/C31H30O3/c1-5-22(16-19-24(6-2)34-30(32)7-3)31(23-17-20-25(33-4)21-18-23)28-14-10-8-12-26(28)27-13-9-11-15-29(27)31/h5-6,8-21H,7H2,1-4H3/b19-16-,22-5+,24-6+. The molecule has 0 spiro atoms. The Morgan fingerprint density at radius 2 is 1.41 bits per heavy atom. The second-order valence-corrected chi connectivity index (χ2v) is 8.17. The van der Waals surface area contributed by atoms with Crippen LogP contribution in [0.25, 0.3) is 11.1 Å². The molecule has 0 N–H and O–H groups in total. The van der Waals surface area contributed by atoms with Crippen LogP contribution in [-0.4, -0.2) is 13.1 Å². The Morgan fingerprint density at radius 1 is 0.824 bits per heavy atom. The minimum Gasteiger partial charge on any atom is -0.497 e. The molecule has 3 heteroatoms. The zero-order valence-electron chi connectivity index (χ0n) is 20.2. The van der Waals surface area contributed by atoms with Gasteiger partial charge in [0, 0.05) is 6.42 Å². The molecule has 0 aromatic heterocycles. The van der Waals surface area contributed by atoms with Gasteiger partial charge in [0.15, 0.2) is 0 Å². The highest BCUT2D eigenvalue weighted by atomic mass is 16.5. The number of hydrogen-bond acceptors (Lipinski definition) is 3. The van der Waals surface area contributed by atoms with Gasteiger partial charge in [0.1, 0.15) is 11.5 Å². The fourth-order valence-corrected chi connectivity index (χ4v) is 4.87. The molecule has 0 unspecified atom stereocenters. The number of rotatable bonds is 7. The normalized spacial score (nSPS) is 14.6. The van der Waals surface area contributed by atoms with E-state index in [0.717, 1.165) is 16.9 Å². The molecule has 34 heavy (non-hydrogen) atoms. The van der Waals surface area contributed by atoms with Crippen molar-refractivity contribution in [1.29, 1.82) is 0 Å². The molecule has 0 saturated heterocycles. The molecule has 3 aromatic carbocycles. The molecule has 3 aromatic rings. The number of allylic oxidation sites excluding steroid dienone is 5. The number of carbonyl (C=O) groups excluding carboxylic acids is 1. The summed E-state index contributed by atoms with van der Waals surface area (Å²) < 4.78 is 11.0. The molecule has 0 amide bonds. The van der Waals surface area contributed by atoms with Crippen LogP contribution >= 0.6 is 0 Å². The van der Waals surface area contributed by atoms with Crippen LogP contribution in [0.3, 0.4) is 0 Å². The Balaban J connectivity index is 1.96. The van der Waals surface area contributed by atoms with E-state index < -0.39 is 5.41 Å². The van der Waals surface area contributed by atoms with Gasteiger partial charge in [-0.2, -0.15) is 0 Å². The molecule has 172 valence electrons. The first-order valence-electron chi connectivity index (χ1n) is 11.7. The van der Waals surface area contributed by atoms with Crippen molar-refractivity contribution >= 4 is 5.97 Å². The predicted molar refractivity (Wildman–Crippen MR) is 138 cm³/mol. The zero-order chi connectivity index (χ0) is 24.1. The summed E-state index contributed by atoms with van der Waals surface area (Å²) in [6.07, 6.45) is 8.25. The highest BCUT2D eigenvalue weighted by Gasteiger charge is 2.46. The van der Waals surface area contributed by atoms with Crippen molar-refractivity contribution in [2.75, 3.05) is 7.11 Å². The maximum absolute atomic E-state index is 11.9. The average molecular weight is 451 g/mol. The Hall–Kier alpha value is -3.85. The van der Waals surface area contributed by atoms with Crippen LogP contribution in [0.2, 0.25) is 0 Å². The van der Waals surface area contributed by atoms with E-state index >= 15 is 0 Å². The topological polar surface area (TPSA) is 35.5 Å². The van der Waals surface area contributed by atoms with Gasteiger partial charge in [-0.15, -0.1) is 0 Å². The Morgan fingerprint density at radius 3 is 1.91 bits per heavy atom. The van der Waals surface area contributed by atoms with Crippen molar-refractivity contribution in [3.63, 3.8) is 0 Å². The van der Waals surface area contributed by atoms with Gasteiger partial charge >= 0.3 is 5.97 Å². The number of esters is 1. The minimum absolute atomic E-state index is 0.249. The zero-order valence-corrected chi connectivity index (χ0v) is 20.2. The number of hydrogen-bond donors (Lipinski definition) is 0. The second kappa shape index (κ2) is 9.96. The summed E-state index contributed by atoms with van der Waals surface area (Å²) in [5.41, 5.74) is 6.64. The van der Waals surface area contributed by atoms with Crippen LogP contribution in [0, 0.1) is 0 Å². The third-order valence-corrected chi connectivity index (χ3v) is 6.45. The monoisotopic (exact) mass is 450 g/mol. The largest absolute Gasteiger partial charge is 0.497 e.